The van der Waals surface area contributed by atoms with Crippen molar-refractivity contribution in [1.29, 1.82) is 0 Å². The second-order valence-electron chi connectivity index (χ2n) is 3.64. The molecule has 0 aromatic carbocycles. The predicted molar refractivity (Wildman–Crippen MR) is 65.4 cm³/mol. The fourth-order valence-corrected chi connectivity index (χ4v) is 2.06. The first kappa shape index (κ1) is 12.7. The van der Waals surface area contributed by atoms with Gasteiger partial charge in [-0.2, -0.15) is 5.10 Å². The fraction of sp³-hybridized carbons (Fsp3) is 0.700. The number of hydrogen-bond donors (Lipinski definition) is 2. The lowest BCUT2D eigenvalue weighted by Crippen LogP contribution is -2.36. The zero-order valence-electron chi connectivity index (χ0n) is 9.55. The van der Waals surface area contributed by atoms with Gasteiger partial charge in [-0.25, -0.2) is 0 Å². The Bertz CT molecular complexity index is 317. The molecule has 4 nitrogen and oxygen atoms in total. The molecule has 15 heavy (non-hydrogen) atoms. The highest BCUT2D eigenvalue weighted by Crippen LogP contribution is 2.22. The Kier molecular flexibility index (Phi) is 4.76. The van der Waals surface area contributed by atoms with Crippen LogP contribution in [0, 0.1) is 6.92 Å². The molecular formula is C10H19BrN4. The molecule has 0 saturated heterocycles. The van der Waals surface area contributed by atoms with Crippen LogP contribution in [0.3, 0.4) is 0 Å². The molecule has 0 spiro atoms. The molecule has 0 amide bonds. The van der Waals surface area contributed by atoms with Crippen molar-refractivity contribution in [3.63, 3.8) is 0 Å². The summed E-state index contributed by atoms with van der Waals surface area (Å²) >= 11 is 3.58. The van der Waals surface area contributed by atoms with Crippen LogP contribution in [0.15, 0.2) is 4.47 Å². The van der Waals surface area contributed by atoms with Crippen LogP contribution < -0.4 is 11.3 Å². The molecule has 0 saturated carbocycles. The van der Waals surface area contributed by atoms with Crippen LogP contribution in [0.2, 0.25) is 0 Å². The summed E-state index contributed by atoms with van der Waals surface area (Å²) in [7, 11) is 0. The molecular weight excluding hydrogens is 256 g/mol. The molecule has 1 rings (SSSR count). The molecule has 5 heteroatoms. The summed E-state index contributed by atoms with van der Waals surface area (Å²) in [5, 5.41) is 4.45. The van der Waals surface area contributed by atoms with E-state index in [4.69, 9.17) is 5.84 Å². The maximum atomic E-state index is 5.48. The number of nitrogens with two attached hydrogens (primary N) is 1. The molecule has 0 aliphatic carbocycles. The van der Waals surface area contributed by atoms with E-state index in [0.717, 1.165) is 29.6 Å². The van der Waals surface area contributed by atoms with Crippen LogP contribution in [-0.4, -0.2) is 15.8 Å². The van der Waals surface area contributed by atoms with E-state index in [2.05, 4.69) is 40.3 Å². The smallest absolute Gasteiger partial charge is 0.0738 e. The lowest BCUT2D eigenvalue weighted by atomic mass is 10.1. The van der Waals surface area contributed by atoms with E-state index in [9.17, 15) is 0 Å². The van der Waals surface area contributed by atoms with Crippen molar-refractivity contribution < 1.29 is 0 Å². The Balaban J connectivity index is 2.91. The first-order valence-corrected chi connectivity index (χ1v) is 6.11. The quantitative estimate of drug-likeness (QED) is 0.636. The number of aromatic nitrogens is 2. The van der Waals surface area contributed by atoms with Gasteiger partial charge in [-0.15, -0.1) is 0 Å². The van der Waals surface area contributed by atoms with Crippen LogP contribution in [0.5, 0.6) is 0 Å². The molecule has 86 valence electrons. The summed E-state index contributed by atoms with van der Waals surface area (Å²) in [5.74, 6) is 5.48. The minimum Gasteiger partial charge on any atom is -0.271 e. The number of hydrazine groups is 1. The van der Waals surface area contributed by atoms with E-state index in [-0.39, 0.29) is 0 Å². The molecule has 3 N–H and O–H groups in total. The fourth-order valence-electron chi connectivity index (χ4n) is 1.62. The zero-order valence-corrected chi connectivity index (χ0v) is 11.1. The summed E-state index contributed by atoms with van der Waals surface area (Å²) in [6.45, 7) is 7.12. The van der Waals surface area contributed by atoms with Gasteiger partial charge in [0.25, 0.3) is 0 Å². The van der Waals surface area contributed by atoms with Gasteiger partial charge in [0.15, 0.2) is 0 Å². The van der Waals surface area contributed by atoms with E-state index in [1.807, 2.05) is 11.6 Å². The third-order valence-electron chi connectivity index (χ3n) is 2.62. The van der Waals surface area contributed by atoms with Crippen molar-refractivity contribution in [2.75, 3.05) is 0 Å². The van der Waals surface area contributed by atoms with Gasteiger partial charge >= 0.3 is 0 Å². The maximum Gasteiger partial charge on any atom is 0.0738 e. The van der Waals surface area contributed by atoms with Crippen LogP contribution >= 0.6 is 15.9 Å². The minimum absolute atomic E-state index is 0.308. The van der Waals surface area contributed by atoms with E-state index in [1.165, 1.54) is 5.69 Å². The van der Waals surface area contributed by atoms with Crippen LogP contribution in [-0.2, 0) is 13.0 Å². The van der Waals surface area contributed by atoms with Gasteiger partial charge in [0.2, 0.25) is 0 Å². The van der Waals surface area contributed by atoms with Gasteiger partial charge in [0, 0.05) is 19.0 Å². The van der Waals surface area contributed by atoms with Crippen LogP contribution in [0.1, 0.15) is 31.7 Å². The van der Waals surface area contributed by atoms with Crippen LogP contribution in [0.4, 0.5) is 0 Å². The van der Waals surface area contributed by atoms with Crippen molar-refractivity contribution in [3.05, 3.63) is 15.9 Å². The van der Waals surface area contributed by atoms with Crippen molar-refractivity contribution in [2.24, 2.45) is 5.84 Å². The molecule has 1 aromatic rings. The van der Waals surface area contributed by atoms with Crippen molar-refractivity contribution >= 4 is 15.9 Å². The van der Waals surface area contributed by atoms with E-state index >= 15 is 0 Å². The second kappa shape index (κ2) is 5.63. The lowest BCUT2D eigenvalue weighted by Gasteiger charge is -2.14. The topological polar surface area (TPSA) is 55.9 Å². The molecule has 1 aromatic heterocycles. The highest BCUT2D eigenvalue weighted by atomic mass is 79.9. The third-order valence-corrected chi connectivity index (χ3v) is 3.65. The SMILES string of the molecule is CCC(Cc1c(Br)c(C)nn1CC)NN. The van der Waals surface area contributed by atoms with Crippen molar-refractivity contribution in [1.82, 2.24) is 15.2 Å². The summed E-state index contributed by atoms with van der Waals surface area (Å²) in [6, 6.07) is 0.308. The highest BCUT2D eigenvalue weighted by Gasteiger charge is 2.15. The number of aryl methyl sites for hydroxylation is 2. The zero-order chi connectivity index (χ0) is 11.4. The van der Waals surface area contributed by atoms with Crippen LogP contribution in [0.25, 0.3) is 0 Å². The van der Waals surface area contributed by atoms with Gasteiger partial charge < -0.3 is 0 Å². The largest absolute Gasteiger partial charge is 0.271 e. The second-order valence-corrected chi connectivity index (χ2v) is 4.43. The Hall–Kier alpha value is -0.390. The molecule has 0 radical (unpaired) electrons. The Morgan fingerprint density at radius 2 is 2.20 bits per heavy atom. The van der Waals surface area contributed by atoms with Gasteiger partial charge in [0.1, 0.15) is 0 Å². The Morgan fingerprint density at radius 3 is 2.67 bits per heavy atom. The normalized spacial score (nSPS) is 13.1. The summed E-state index contributed by atoms with van der Waals surface area (Å²) in [6.07, 6.45) is 1.92. The number of nitrogens with one attached hydrogen (secondary N) is 1. The Morgan fingerprint density at radius 1 is 1.53 bits per heavy atom. The average molecular weight is 275 g/mol. The molecule has 1 heterocycles. The maximum absolute atomic E-state index is 5.48. The van der Waals surface area contributed by atoms with Gasteiger partial charge in [-0.3, -0.25) is 16.0 Å². The number of hydrogen-bond acceptors (Lipinski definition) is 3. The third kappa shape index (κ3) is 2.80. The summed E-state index contributed by atoms with van der Waals surface area (Å²) in [5.41, 5.74) is 5.09. The molecule has 0 aliphatic rings. The summed E-state index contributed by atoms with van der Waals surface area (Å²) < 4.78 is 3.14. The first-order valence-electron chi connectivity index (χ1n) is 5.31. The standard InChI is InChI=1S/C10H19BrN4/c1-4-8(13-12)6-9-10(11)7(3)14-15(9)5-2/h8,13H,4-6,12H2,1-3H3. The van der Waals surface area contributed by atoms with Crippen molar-refractivity contribution in [3.8, 4) is 0 Å². The van der Waals surface area contributed by atoms with Crippen molar-refractivity contribution in [2.45, 2.75) is 46.2 Å². The monoisotopic (exact) mass is 274 g/mol. The average Bonchev–Trinajstić information content (AvgIpc) is 2.52. The molecule has 1 atom stereocenters. The summed E-state index contributed by atoms with van der Waals surface area (Å²) in [4.78, 5) is 0. The molecule has 0 aliphatic heterocycles. The van der Waals surface area contributed by atoms with Gasteiger partial charge in [-0.05, 0) is 36.2 Å². The molecule has 0 bridgehead atoms. The predicted octanol–water partition coefficient (Wildman–Crippen LogP) is 1.76. The van der Waals surface area contributed by atoms with E-state index < -0.39 is 0 Å². The molecule has 1 unspecified atom stereocenters. The highest BCUT2D eigenvalue weighted by molar-refractivity contribution is 9.10. The van der Waals surface area contributed by atoms with E-state index in [0.29, 0.717) is 6.04 Å². The Labute approximate surface area is 99.3 Å². The lowest BCUT2D eigenvalue weighted by molar-refractivity contribution is 0.486. The number of halogens is 1. The minimum atomic E-state index is 0.308. The number of nitrogens with zero attached hydrogens (tertiary/aromatic N) is 2. The van der Waals surface area contributed by atoms with Gasteiger partial charge in [0.05, 0.1) is 15.9 Å². The van der Waals surface area contributed by atoms with Gasteiger partial charge in [-0.1, -0.05) is 6.92 Å². The van der Waals surface area contributed by atoms with E-state index in [1.54, 1.807) is 0 Å². The molecule has 0 fully saturated rings. The number of rotatable bonds is 5. The first-order chi connectivity index (χ1) is 7.13.